The number of ether oxygens (including phenoxy) is 1. The summed E-state index contributed by atoms with van der Waals surface area (Å²) in [6.45, 7) is 3.63. The van der Waals surface area contributed by atoms with E-state index in [0.29, 0.717) is 24.3 Å². The van der Waals surface area contributed by atoms with Gasteiger partial charge in [0.2, 0.25) is 0 Å². The van der Waals surface area contributed by atoms with Gasteiger partial charge in [0.25, 0.3) is 0 Å². The largest absolute Gasteiger partial charge is 0.493 e. The van der Waals surface area contributed by atoms with Gasteiger partial charge in [-0.15, -0.1) is 0 Å². The SMILES string of the molecule is CC(C)(O)CC1(C(=O)O)CCOc2ccccc21. The number of hydrogen-bond acceptors (Lipinski definition) is 3. The van der Waals surface area contributed by atoms with Crippen LogP contribution in [0.3, 0.4) is 0 Å². The van der Waals surface area contributed by atoms with Crippen molar-refractivity contribution < 1.29 is 19.7 Å². The lowest BCUT2D eigenvalue weighted by molar-refractivity contribution is -0.148. The lowest BCUT2D eigenvalue weighted by Gasteiger charge is -2.38. The van der Waals surface area contributed by atoms with Crippen molar-refractivity contribution >= 4 is 5.97 Å². The Bertz CT molecular complexity index is 461. The van der Waals surface area contributed by atoms with Gasteiger partial charge in [-0.3, -0.25) is 4.79 Å². The molecular formula is C14H18O4. The molecule has 1 aromatic rings. The zero-order valence-electron chi connectivity index (χ0n) is 10.6. The topological polar surface area (TPSA) is 66.8 Å². The fourth-order valence-corrected chi connectivity index (χ4v) is 2.68. The maximum Gasteiger partial charge on any atom is 0.314 e. The fraction of sp³-hybridized carbons (Fsp3) is 0.500. The Morgan fingerprint density at radius 1 is 1.44 bits per heavy atom. The van der Waals surface area contributed by atoms with Gasteiger partial charge in [0.05, 0.1) is 12.2 Å². The molecule has 98 valence electrons. The first-order valence-corrected chi connectivity index (χ1v) is 6.03. The second kappa shape index (κ2) is 4.28. The van der Waals surface area contributed by atoms with E-state index in [-0.39, 0.29) is 6.42 Å². The number of rotatable bonds is 3. The van der Waals surface area contributed by atoms with Crippen LogP contribution in [-0.4, -0.2) is 28.4 Å². The smallest absolute Gasteiger partial charge is 0.314 e. The summed E-state index contributed by atoms with van der Waals surface area (Å²) in [6, 6.07) is 7.17. The van der Waals surface area contributed by atoms with E-state index in [0.717, 1.165) is 0 Å². The number of fused-ring (bicyclic) bond motifs is 1. The van der Waals surface area contributed by atoms with Gasteiger partial charge >= 0.3 is 5.97 Å². The van der Waals surface area contributed by atoms with Crippen molar-refractivity contribution in [3.05, 3.63) is 29.8 Å². The summed E-state index contributed by atoms with van der Waals surface area (Å²) in [5.41, 5.74) is -1.44. The van der Waals surface area contributed by atoms with Crippen LogP contribution in [0.25, 0.3) is 0 Å². The molecule has 0 fully saturated rings. The molecule has 0 bridgehead atoms. The molecule has 1 aliphatic heterocycles. The Labute approximate surface area is 106 Å². The molecule has 1 aliphatic rings. The highest BCUT2D eigenvalue weighted by Gasteiger charge is 2.47. The maximum atomic E-state index is 11.8. The minimum atomic E-state index is -1.06. The van der Waals surface area contributed by atoms with Gasteiger partial charge in [-0.2, -0.15) is 0 Å². The van der Waals surface area contributed by atoms with E-state index in [1.54, 1.807) is 32.0 Å². The molecule has 0 aromatic heterocycles. The zero-order chi connectivity index (χ0) is 13.4. The highest BCUT2D eigenvalue weighted by atomic mass is 16.5. The summed E-state index contributed by atoms with van der Waals surface area (Å²) in [6.07, 6.45) is 0.555. The first-order chi connectivity index (χ1) is 8.35. The highest BCUT2D eigenvalue weighted by molar-refractivity contribution is 5.83. The van der Waals surface area contributed by atoms with Crippen LogP contribution in [-0.2, 0) is 10.2 Å². The molecule has 1 aromatic carbocycles. The van der Waals surface area contributed by atoms with Crippen molar-refractivity contribution in [2.24, 2.45) is 0 Å². The Kier molecular flexibility index (Phi) is 3.07. The maximum absolute atomic E-state index is 11.8. The van der Waals surface area contributed by atoms with Crippen LogP contribution in [0.4, 0.5) is 0 Å². The van der Waals surface area contributed by atoms with Gasteiger partial charge in [0, 0.05) is 12.0 Å². The molecule has 0 amide bonds. The molecule has 1 atom stereocenters. The Morgan fingerprint density at radius 2 is 2.11 bits per heavy atom. The fourth-order valence-electron chi connectivity index (χ4n) is 2.68. The lowest BCUT2D eigenvalue weighted by atomic mass is 9.69. The van der Waals surface area contributed by atoms with Crippen molar-refractivity contribution in [1.82, 2.24) is 0 Å². The van der Waals surface area contributed by atoms with E-state index in [4.69, 9.17) is 4.74 Å². The van der Waals surface area contributed by atoms with Crippen LogP contribution in [0.1, 0.15) is 32.3 Å². The number of carboxylic acid groups (broad SMARTS) is 1. The van der Waals surface area contributed by atoms with Gasteiger partial charge in [-0.05, 0) is 26.3 Å². The van der Waals surface area contributed by atoms with Crippen LogP contribution in [0.5, 0.6) is 5.75 Å². The molecule has 2 rings (SSSR count). The molecule has 0 saturated heterocycles. The second-order valence-electron chi connectivity index (χ2n) is 5.47. The molecule has 0 saturated carbocycles. The second-order valence-corrected chi connectivity index (χ2v) is 5.47. The summed E-state index contributed by atoms with van der Waals surface area (Å²) >= 11 is 0. The van der Waals surface area contributed by atoms with Crippen molar-refractivity contribution in [3.8, 4) is 5.75 Å². The molecule has 4 nitrogen and oxygen atoms in total. The van der Waals surface area contributed by atoms with Crippen molar-refractivity contribution in [1.29, 1.82) is 0 Å². The Balaban J connectivity index is 2.53. The zero-order valence-corrected chi connectivity index (χ0v) is 10.6. The number of carbonyl (C=O) groups is 1. The molecular weight excluding hydrogens is 232 g/mol. The normalized spacial score (nSPS) is 23.1. The van der Waals surface area contributed by atoms with Crippen LogP contribution in [0, 0.1) is 0 Å². The lowest BCUT2D eigenvalue weighted by Crippen LogP contribution is -2.45. The van der Waals surface area contributed by atoms with Crippen LogP contribution < -0.4 is 4.74 Å². The average molecular weight is 250 g/mol. The molecule has 1 unspecified atom stereocenters. The predicted molar refractivity (Wildman–Crippen MR) is 66.8 cm³/mol. The van der Waals surface area contributed by atoms with Gasteiger partial charge in [0.1, 0.15) is 11.2 Å². The monoisotopic (exact) mass is 250 g/mol. The Hall–Kier alpha value is -1.55. The quantitative estimate of drug-likeness (QED) is 0.860. The standard InChI is InChI=1S/C14H18O4/c1-13(2,17)9-14(12(15)16)7-8-18-11-6-4-3-5-10(11)14/h3-6,17H,7-9H2,1-2H3,(H,15,16). The van der Waals surface area contributed by atoms with E-state index in [1.165, 1.54) is 0 Å². The third-order valence-electron chi connectivity index (χ3n) is 3.33. The van der Waals surface area contributed by atoms with Crippen LogP contribution in [0.15, 0.2) is 24.3 Å². The summed E-state index contributed by atoms with van der Waals surface area (Å²) in [5.74, 6) is -0.296. The molecule has 0 aliphatic carbocycles. The van der Waals surface area contributed by atoms with Crippen molar-refractivity contribution in [2.75, 3.05) is 6.61 Å². The van der Waals surface area contributed by atoms with Gasteiger partial charge in [0.15, 0.2) is 0 Å². The van der Waals surface area contributed by atoms with Crippen molar-refractivity contribution in [2.45, 2.75) is 37.7 Å². The van der Waals surface area contributed by atoms with E-state index in [9.17, 15) is 15.0 Å². The van der Waals surface area contributed by atoms with Gasteiger partial charge in [-0.1, -0.05) is 18.2 Å². The molecule has 4 heteroatoms. The van der Waals surface area contributed by atoms with E-state index in [2.05, 4.69) is 0 Å². The summed E-state index contributed by atoms with van der Waals surface area (Å²) < 4.78 is 5.50. The summed E-state index contributed by atoms with van der Waals surface area (Å²) in [4.78, 5) is 11.8. The first-order valence-electron chi connectivity index (χ1n) is 6.03. The predicted octanol–water partition coefficient (Wildman–Crippen LogP) is 1.95. The van der Waals surface area contributed by atoms with E-state index in [1.807, 2.05) is 6.07 Å². The average Bonchev–Trinajstić information content (AvgIpc) is 2.27. The van der Waals surface area contributed by atoms with E-state index < -0.39 is 17.0 Å². The van der Waals surface area contributed by atoms with Gasteiger partial charge in [-0.25, -0.2) is 0 Å². The Morgan fingerprint density at radius 3 is 2.72 bits per heavy atom. The minimum Gasteiger partial charge on any atom is -0.493 e. The molecule has 2 N–H and O–H groups in total. The highest BCUT2D eigenvalue weighted by Crippen LogP contribution is 2.43. The van der Waals surface area contributed by atoms with Crippen molar-refractivity contribution in [3.63, 3.8) is 0 Å². The minimum absolute atomic E-state index is 0.176. The number of hydrogen-bond donors (Lipinski definition) is 2. The number of carboxylic acids is 1. The molecule has 0 radical (unpaired) electrons. The van der Waals surface area contributed by atoms with E-state index >= 15 is 0 Å². The van der Waals surface area contributed by atoms with Crippen LogP contribution >= 0.6 is 0 Å². The summed E-state index contributed by atoms with van der Waals surface area (Å²) in [7, 11) is 0. The van der Waals surface area contributed by atoms with Gasteiger partial charge < -0.3 is 14.9 Å². The summed E-state index contributed by atoms with van der Waals surface area (Å²) in [5, 5.41) is 19.6. The number of aliphatic hydroxyl groups is 1. The third kappa shape index (κ3) is 2.20. The number of benzene rings is 1. The van der Waals surface area contributed by atoms with Crippen LogP contribution in [0.2, 0.25) is 0 Å². The molecule has 18 heavy (non-hydrogen) atoms. The number of aliphatic carboxylic acids is 1. The first kappa shape index (κ1) is 12.9. The third-order valence-corrected chi connectivity index (χ3v) is 3.33. The molecule has 1 heterocycles. The molecule has 0 spiro atoms. The number of para-hydroxylation sites is 1.